The maximum Gasteiger partial charge on any atom is 0.237 e. The first kappa shape index (κ1) is 18.5. The van der Waals surface area contributed by atoms with Crippen LogP contribution in [0.3, 0.4) is 0 Å². The first-order valence-corrected chi connectivity index (χ1v) is 8.95. The fourth-order valence-corrected chi connectivity index (χ4v) is 3.04. The third kappa shape index (κ3) is 5.34. The van der Waals surface area contributed by atoms with Gasteiger partial charge in [0.05, 0.1) is 6.04 Å². The van der Waals surface area contributed by atoms with Gasteiger partial charge in [-0.25, -0.2) is 0 Å². The summed E-state index contributed by atoms with van der Waals surface area (Å²) in [6.45, 7) is 6.89. The van der Waals surface area contributed by atoms with Crippen LogP contribution in [0.25, 0.3) is 0 Å². The van der Waals surface area contributed by atoms with Crippen molar-refractivity contribution in [2.45, 2.75) is 45.7 Å². The molecule has 0 aliphatic carbocycles. The summed E-state index contributed by atoms with van der Waals surface area (Å²) < 4.78 is 0. The van der Waals surface area contributed by atoms with Crippen LogP contribution in [0.1, 0.15) is 38.7 Å². The topological polar surface area (TPSA) is 61.4 Å². The van der Waals surface area contributed by atoms with Gasteiger partial charge in [0.1, 0.15) is 0 Å². The molecular weight excluding hydrogens is 302 g/mol. The highest BCUT2D eigenvalue weighted by Gasteiger charge is 2.29. The monoisotopic (exact) mass is 331 g/mol. The molecule has 1 fully saturated rings. The lowest BCUT2D eigenvalue weighted by molar-refractivity contribution is -0.128. The number of benzene rings is 1. The molecule has 0 bridgehead atoms. The molecule has 1 aromatic carbocycles. The lowest BCUT2D eigenvalue weighted by atomic mass is 9.94. The third-order valence-corrected chi connectivity index (χ3v) is 4.69. The second-order valence-electron chi connectivity index (χ2n) is 6.48. The molecule has 1 saturated heterocycles. The van der Waals surface area contributed by atoms with E-state index in [-0.39, 0.29) is 23.8 Å². The van der Waals surface area contributed by atoms with Gasteiger partial charge in [-0.05, 0) is 44.8 Å². The van der Waals surface area contributed by atoms with Gasteiger partial charge in [0.2, 0.25) is 11.8 Å². The van der Waals surface area contributed by atoms with E-state index < -0.39 is 0 Å². The molecule has 1 heterocycles. The van der Waals surface area contributed by atoms with E-state index >= 15 is 0 Å². The van der Waals surface area contributed by atoms with Gasteiger partial charge in [-0.15, -0.1) is 0 Å². The second-order valence-corrected chi connectivity index (χ2v) is 6.48. The smallest absolute Gasteiger partial charge is 0.237 e. The average Bonchev–Trinajstić information content (AvgIpc) is 2.64. The number of hydrogen-bond donors (Lipinski definition) is 2. The molecule has 5 heteroatoms. The number of likely N-dealkylation sites (tertiary alicyclic amines) is 1. The van der Waals surface area contributed by atoms with Gasteiger partial charge >= 0.3 is 0 Å². The first-order chi connectivity index (χ1) is 11.6. The van der Waals surface area contributed by atoms with E-state index in [0.717, 1.165) is 44.5 Å². The van der Waals surface area contributed by atoms with E-state index in [0.29, 0.717) is 6.54 Å². The number of rotatable bonds is 7. The van der Waals surface area contributed by atoms with Gasteiger partial charge in [-0.3, -0.25) is 14.5 Å². The van der Waals surface area contributed by atoms with Gasteiger partial charge in [-0.2, -0.15) is 0 Å². The van der Waals surface area contributed by atoms with Crippen LogP contribution in [-0.4, -0.2) is 42.4 Å². The SMILES string of the molecule is CCCNC(=O)[C@H](C)N1CCC(C(=O)NCc2ccccc2)CC1. The molecule has 24 heavy (non-hydrogen) atoms. The summed E-state index contributed by atoms with van der Waals surface area (Å²) in [6.07, 6.45) is 2.57. The number of amides is 2. The van der Waals surface area contributed by atoms with Crippen LogP contribution in [0.15, 0.2) is 30.3 Å². The van der Waals surface area contributed by atoms with Crippen molar-refractivity contribution in [3.8, 4) is 0 Å². The number of nitrogens with zero attached hydrogens (tertiary/aromatic N) is 1. The zero-order valence-electron chi connectivity index (χ0n) is 14.8. The molecule has 0 spiro atoms. The van der Waals surface area contributed by atoms with Gasteiger partial charge < -0.3 is 10.6 Å². The highest BCUT2D eigenvalue weighted by Crippen LogP contribution is 2.19. The Kier molecular flexibility index (Phi) is 7.25. The fourth-order valence-electron chi connectivity index (χ4n) is 3.04. The van der Waals surface area contributed by atoms with Crippen LogP contribution < -0.4 is 10.6 Å². The molecule has 0 radical (unpaired) electrons. The van der Waals surface area contributed by atoms with Gasteiger partial charge in [-0.1, -0.05) is 37.3 Å². The van der Waals surface area contributed by atoms with Crippen molar-refractivity contribution < 1.29 is 9.59 Å². The molecule has 0 aromatic heterocycles. The summed E-state index contributed by atoms with van der Waals surface area (Å²) in [5.74, 6) is 0.265. The molecule has 0 unspecified atom stereocenters. The summed E-state index contributed by atoms with van der Waals surface area (Å²) in [5.41, 5.74) is 1.12. The van der Waals surface area contributed by atoms with E-state index in [2.05, 4.69) is 15.5 Å². The Hall–Kier alpha value is -1.88. The number of hydrogen-bond acceptors (Lipinski definition) is 3. The van der Waals surface area contributed by atoms with Crippen molar-refractivity contribution in [1.29, 1.82) is 0 Å². The molecule has 1 aliphatic heterocycles. The van der Waals surface area contributed by atoms with Crippen molar-refractivity contribution in [1.82, 2.24) is 15.5 Å². The Morgan fingerprint density at radius 1 is 1.17 bits per heavy atom. The fraction of sp³-hybridized carbons (Fsp3) is 0.579. The molecule has 1 atom stereocenters. The lowest BCUT2D eigenvalue weighted by Gasteiger charge is -2.34. The Labute approximate surface area is 144 Å². The lowest BCUT2D eigenvalue weighted by Crippen LogP contribution is -2.49. The predicted octanol–water partition coefficient (Wildman–Crippen LogP) is 1.93. The van der Waals surface area contributed by atoms with Crippen molar-refractivity contribution in [3.05, 3.63) is 35.9 Å². The van der Waals surface area contributed by atoms with Crippen LogP contribution in [0.4, 0.5) is 0 Å². The maximum atomic E-state index is 12.3. The molecule has 132 valence electrons. The van der Waals surface area contributed by atoms with Crippen LogP contribution in [0, 0.1) is 5.92 Å². The average molecular weight is 331 g/mol. The number of nitrogens with one attached hydrogen (secondary N) is 2. The number of carbonyl (C=O) groups excluding carboxylic acids is 2. The zero-order chi connectivity index (χ0) is 17.4. The summed E-state index contributed by atoms with van der Waals surface area (Å²) in [4.78, 5) is 26.5. The van der Waals surface area contributed by atoms with Crippen LogP contribution >= 0.6 is 0 Å². The number of carbonyl (C=O) groups is 2. The first-order valence-electron chi connectivity index (χ1n) is 8.95. The summed E-state index contributed by atoms with van der Waals surface area (Å²) in [5, 5.41) is 5.97. The quantitative estimate of drug-likeness (QED) is 0.802. The summed E-state index contributed by atoms with van der Waals surface area (Å²) in [7, 11) is 0. The van der Waals surface area contributed by atoms with Crippen LogP contribution in [0.2, 0.25) is 0 Å². The Balaban J connectivity index is 1.73. The van der Waals surface area contributed by atoms with Crippen molar-refractivity contribution >= 4 is 11.8 Å². The maximum absolute atomic E-state index is 12.3. The minimum absolute atomic E-state index is 0.0517. The Bertz CT molecular complexity index is 525. The highest BCUT2D eigenvalue weighted by molar-refractivity contribution is 5.81. The second kappa shape index (κ2) is 9.42. The standard InChI is InChI=1S/C19H29N3O2/c1-3-11-20-18(23)15(2)22-12-9-17(10-13-22)19(24)21-14-16-7-5-4-6-8-16/h4-8,15,17H,3,9-14H2,1-2H3,(H,20,23)(H,21,24)/t15-/m0/s1. The molecule has 2 N–H and O–H groups in total. The van der Waals surface area contributed by atoms with Gasteiger partial charge in [0.25, 0.3) is 0 Å². The summed E-state index contributed by atoms with van der Waals surface area (Å²) in [6, 6.07) is 9.83. The molecule has 2 rings (SSSR count). The molecule has 2 amide bonds. The van der Waals surface area contributed by atoms with E-state index in [1.807, 2.05) is 44.2 Å². The van der Waals surface area contributed by atoms with Crippen LogP contribution in [0.5, 0.6) is 0 Å². The predicted molar refractivity (Wildman–Crippen MR) is 95.3 cm³/mol. The normalized spacial score (nSPS) is 17.2. The highest BCUT2D eigenvalue weighted by atomic mass is 16.2. The summed E-state index contributed by atoms with van der Waals surface area (Å²) >= 11 is 0. The molecule has 1 aliphatic rings. The van der Waals surface area contributed by atoms with Crippen molar-refractivity contribution in [2.75, 3.05) is 19.6 Å². The van der Waals surface area contributed by atoms with Gasteiger partial charge in [0.15, 0.2) is 0 Å². The molecule has 1 aromatic rings. The zero-order valence-corrected chi connectivity index (χ0v) is 14.8. The van der Waals surface area contributed by atoms with Gasteiger partial charge in [0, 0.05) is 19.0 Å². The molecule has 5 nitrogen and oxygen atoms in total. The van der Waals surface area contributed by atoms with E-state index in [1.165, 1.54) is 0 Å². The van der Waals surface area contributed by atoms with Crippen molar-refractivity contribution in [2.24, 2.45) is 5.92 Å². The minimum Gasteiger partial charge on any atom is -0.355 e. The van der Waals surface area contributed by atoms with Crippen LogP contribution in [-0.2, 0) is 16.1 Å². The molecular formula is C19H29N3O2. The Morgan fingerprint density at radius 3 is 2.46 bits per heavy atom. The largest absolute Gasteiger partial charge is 0.355 e. The van der Waals surface area contributed by atoms with E-state index in [9.17, 15) is 9.59 Å². The number of piperidine rings is 1. The van der Waals surface area contributed by atoms with Crippen molar-refractivity contribution in [3.63, 3.8) is 0 Å². The van der Waals surface area contributed by atoms with E-state index in [4.69, 9.17) is 0 Å². The molecule has 0 saturated carbocycles. The minimum atomic E-state index is -0.120. The van der Waals surface area contributed by atoms with E-state index in [1.54, 1.807) is 0 Å². The third-order valence-electron chi connectivity index (χ3n) is 4.69. The Morgan fingerprint density at radius 2 is 1.83 bits per heavy atom.